The lowest BCUT2D eigenvalue weighted by Crippen LogP contribution is -2.13. The Labute approximate surface area is 157 Å². The number of hydrogen-bond acceptors (Lipinski definition) is 5. The van der Waals surface area contributed by atoms with Crippen molar-refractivity contribution in [1.82, 2.24) is 14.5 Å². The van der Waals surface area contributed by atoms with Crippen LogP contribution in [0, 0.1) is 23.0 Å². The van der Waals surface area contributed by atoms with E-state index in [9.17, 15) is 14.0 Å². The Morgan fingerprint density at radius 3 is 2.85 bits per heavy atom. The van der Waals surface area contributed by atoms with Gasteiger partial charge in [-0.05, 0) is 18.2 Å². The van der Waals surface area contributed by atoms with E-state index < -0.39 is 0 Å². The Bertz CT molecular complexity index is 1160. The Morgan fingerprint density at radius 2 is 2.07 bits per heavy atom. The highest BCUT2D eigenvalue weighted by molar-refractivity contribution is 7.13. The Hall–Kier alpha value is -3.31. The molecule has 8 heteroatoms. The number of para-hydroxylation sites is 1. The van der Waals surface area contributed by atoms with Gasteiger partial charge >= 0.3 is 0 Å². The first kappa shape index (κ1) is 17.1. The van der Waals surface area contributed by atoms with Gasteiger partial charge in [-0.1, -0.05) is 12.1 Å². The molecule has 0 spiro atoms. The number of hydrogen-bond donors (Lipinski definition) is 1. The highest BCUT2D eigenvalue weighted by Gasteiger charge is 2.12. The molecule has 0 unspecified atom stereocenters. The summed E-state index contributed by atoms with van der Waals surface area (Å²) in [4.78, 5) is 9.02. The van der Waals surface area contributed by atoms with Crippen molar-refractivity contribution < 1.29 is 8.78 Å². The summed E-state index contributed by atoms with van der Waals surface area (Å²) in [6, 6.07) is 11.7. The SMILES string of the molecule is N#Cc1cc2cccc(F)c2n1CCNc1cc(-c2cc(F)cs2)ncn1. The zero-order valence-electron chi connectivity index (χ0n) is 14.0. The van der Waals surface area contributed by atoms with Gasteiger partial charge in [0.2, 0.25) is 0 Å². The Balaban J connectivity index is 1.53. The first-order valence-corrected chi connectivity index (χ1v) is 9.02. The highest BCUT2D eigenvalue weighted by atomic mass is 32.1. The fourth-order valence-corrected chi connectivity index (χ4v) is 3.66. The third-order valence-electron chi connectivity index (χ3n) is 4.11. The lowest BCUT2D eigenvalue weighted by Gasteiger charge is -2.10. The summed E-state index contributed by atoms with van der Waals surface area (Å²) < 4.78 is 29.0. The molecule has 4 aromatic rings. The molecule has 4 rings (SSSR count). The second-order valence-corrected chi connectivity index (χ2v) is 6.73. The number of rotatable bonds is 5. The van der Waals surface area contributed by atoms with Crippen LogP contribution in [0.25, 0.3) is 21.5 Å². The number of thiophene rings is 1. The molecule has 0 saturated heterocycles. The third kappa shape index (κ3) is 3.37. The van der Waals surface area contributed by atoms with E-state index in [4.69, 9.17) is 0 Å². The minimum absolute atomic E-state index is 0.298. The van der Waals surface area contributed by atoms with Gasteiger partial charge in [0.15, 0.2) is 0 Å². The molecule has 0 saturated carbocycles. The van der Waals surface area contributed by atoms with Gasteiger partial charge in [-0.2, -0.15) is 5.26 Å². The maximum Gasteiger partial charge on any atom is 0.147 e. The molecular weight excluding hydrogens is 368 g/mol. The molecular formula is C19H13F2N5S. The van der Waals surface area contributed by atoms with Crippen molar-refractivity contribution in [3.8, 4) is 16.6 Å². The monoisotopic (exact) mass is 381 g/mol. The average molecular weight is 381 g/mol. The van der Waals surface area contributed by atoms with Crippen LogP contribution in [0.2, 0.25) is 0 Å². The normalized spacial score (nSPS) is 10.9. The zero-order chi connectivity index (χ0) is 18.8. The van der Waals surface area contributed by atoms with Crippen LogP contribution in [-0.4, -0.2) is 21.1 Å². The van der Waals surface area contributed by atoms with Crippen LogP contribution in [0.3, 0.4) is 0 Å². The molecule has 0 aliphatic rings. The first-order valence-electron chi connectivity index (χ1n) is 8.14. The number of benzene rings is 1. The summed E-state index contributed by atoms with van der Waals surface area (Å²) in [5.74, 6) is -0.0871. The molecule has 27 heavy (non-hydrogen) atoms. The number of aromatic nitrogens is 3. The number of fused-ring (bicyclic) bond motifs is 1. The fourth-order valence-electron chi connectivity index (χ4n) is 2.94. The molecule has 0 fully saturated rings. The van der Waals surface area contributed by atoms with Gasteiger partial charge in [-0.3, -0.25) is 0 Å². The van der Waals surface area contributed by atoms with Gasteiger partial charge in [0, 0.05) is 29.9 Å². The average Bonchev–Trinajstić information content (AvgIpc) is 3.26. The smallest absolute Gasteiger partial charge is 0.147 e. The van der Waals surface area contributed by atoms with Gasteiger partial charge < -0.3 is 9.88 Å². The largest absolute Gasteiger partial charge is 0.368 e. The van der Waals surface area contributed by atoms with E-state index in [1.807, 2.05) is 0 Å². The Morgan fingerprint density at radius 1 is 1.19 bits per heavy atom. The predicted octanol–water partition coefficient (Wildman–Crippen LogP) is 4.42. The van der Waals surface area contributed by atoms with Gasteiger partial charge in [-0.15, -0.1) is 11.3 Å². The number of halogens is 2. The molecule has 3 aromatic heterocycles. The summed E-state index contributed by atoms with van der Waals surface area (Å²) in [5, 5.41) is 14.6. The topological polar surface area (TPSA) is 66.5 Å². The molecule has 0 bridgehead atoms. The minimum atomic E-state index is -0.363. The van der Waals surface area contributed by atoms with Crippen LogP contribution in [0.1, 0.15) is 5.69 Å². The predicted molar refractivity (Wildman–Crippen MR) is 100 cm³/mol. The van der Waals surface area contributed by atoms with Gasteiger partial charge in [0.25, 0.3) is 0 Å². The quantitative estimate of drug-likeness (QED) is 0.556. The summed E-state index contributed by atoms with van der Waals surface area (Å²) in [6.45, 7) is 0.822. The molecule has 0 atom stereocenters. The van der Waals surface area contributed by atoms with Gasteiger partial charge in [0.1, 0.15) is 35.5 Å². The molecule has 3 heterocycles. The standard InChI is InChI=1S/C19H13F2N5S/c20-13-7-17(27-10-13)16-8-18(25-11-24-16)23-4-5-26-14(9-22)6-12-2-1-3-15(21)19(12)26/h1-3,6-8,10-11H,4-5H2,(H,23,24,25). The highest BCUT2D eigenvalue weighted by Crippen LogP contribution is 2.26. The van der Waals surface area contributed by atoms with E-state index in [1.165, 1.54) is 35.2 Å². The zero-order valence-corrected chi connectivity index (χ0v) is 14.8. The van der Waals surface area contributed by atoms with Crippen molar-refractivity contribution in [1.29, 1.82) is 5.26 Å². The molecule has 0 amide bonds. The maximum absolute atomic E-state index is 14.2. The van der Waals surface area contributed by atoms with Crippen molar-refractivity contribution in [2.45, 2.75) is 6.54 Å². The summed E-state index contributed by atoms with van der Waals surface area (Å²) in [5.41, 5.74) is 1.43. The van der Waals surface area contributed by atoms with Crippen molar-refractivity contribution in [3.63, 3.8) is 0 Å². The number of anilines is 1. The van der Waals surface area contributed by atoms with Crippen molar-refractivity contribution in [2.75, 3.05) is 11.9 Å². The molecule has 0 aliphatic carbocycles. The van der Waals surface area contributed by atoms with Gasteiger partial charge in [-0.25, -0.2) is 18.7 Å². The molecule has 5 nitrogen and oxygen atoms in total. The number of nitrogens with one attached hydrogen (secondary N) is 1. The fraction of sp³-hybridized carbons (Fsp3) is 0.105. The van der Waals surface area contributed by atoms with E-state index in [-0.39, 0.29) is 11.6 Å². The summed E-state index contributed by atoms with van der Waals surface area (Å²) in [6.07, 6.45) is 1.40. The van der Waals surface area contributed by atoms with Crippen molar-refractivity contribution in [3.05, 3.63) is 65.4 Å². The van der Waals surface area contributed by atoms with Crippen molar-refractivity contribution in [2.24, 2.45) is 0 Å². The van der Waals surface area contributed by atoms with Crippen LogP contribution >= 0.6 is 11.3 Å². The maximum atomic E-state index is 14.2. The van der Waals surface area contributed by atoms with Crippen LogP contribution in [0.15, 0.2) is 48.1 Å². The number of nitriles is 1. The van der Waals surface area contributed by atoms with Crippen LogP contribution in [0.4, 0.5) is 14.6 Å². The molecule has 1 N–H and O–H groups in total. The molecule has 134 valence electrons. The minimum Gasteiger partial charge on any atom is -0.368 e. The van der Waals surface area contributed by atoms with Crippen LogP contribution in [0.5, 0.6) is 0 Å². The van der Waals surface area contributed by atoms with E-state index in [2.05, 4.69) is 21.4 Å². The summed E-state index contributed by atoms with van der Waals surface area (Å²) in [7, 11) is 0. The summed E-state index contributed by atoms with van der Waals surface area (Å²) >= 11 is 1.27. The molecule has 1 aromatic carbocycles. The molecule has 0 aliphatic heterocycles. The molecule has 0 radical (unpaired) electrons. The second kappa shape index (κ2) is 7.13. The van der Waals surface area contributed by atoms with E-state index in [0.29, 0.717) is 46.1 Å². The van der Waals surface area contributed by atoms with E-state index >= 15 is 0 Å². The Kier molecular flexibility index (Phi) is 4.52. The van der Waals surface area contributed by atoms with E-state index in [1.54, 1.807) is 28.8 Å². The number of nitrogens with zero attached hydrogens (tertiary/aromatic N) is 4. The third-order valence-corrected chi connectivity index (χ3v) is 5.04. The van der Waals surface area contributed by atoms with Gasteiger partial charge in [0.05, 0.1) is 16.1 Å². The van der Waals surface area contributed by atoms with Crippen LogP contribution < -0.4 is 5.32 Å². The van der Waals surface area contributed by atoms with E-state index in [0.717, 1.165) is 0 Å². The van der Waals surface area contributed by atoms with Crippen molar-refractivity contribution >= 4 is 28.1 Å². The van der Waals surface area contributed by atoms with Crippen LogP contribution in [-0.2, 0) is 6.54 Å². The second-order valence-electron chi connectivity index (χ2n) is 5.82. The lowest BCUT2D eigenvalue weighted by atomic mass is 10.2. The first-order chi connectivity index (χ1) is 13.2. The lowest BCUT2D eigenvalue weighted by molar-refractivity contribution is 0.623.